The summed E-state index contributed by atoms with van der Waals surface area (Å²) >= 11 is 5.76. The Balaban J connectivity index is 2.86. The topological polar surface area (TPSA) is 17.3 Å². The number of aromatic nitrogens is 2. The molecule has 0 unspecified atom stereocenters. The average molecular weight is 351 g/mol. The molecule has 0 N–H and O–H groups in total. The molecule has 2 heterocycles. The van der Waals surface area contributed by atoms with Crippen LogP contribution >= 0.6 is 38.5 Å². The molecule has 4 heteroatoms. The average Bonchev–Trinajstić information content (AvgIpc) is 2.43. The standard InChI is InChI=1S/C9H8BrIN2/c1-2-7-8(11)12-9-6(10)4-3-5-13(7)9/h3-5H,2H2,1H3. The molecule has 0 saturated heterocycles. The Morgan fingerprint density at radius 1 is 1.62 bits per heavy atom. The maximum absolute atomic E-state index is 4.49. The maximum atomic E-state index is 4.49. The molecule has 0 bridgehead atoms. The Labute approximate surface area is 98.6 Å². The van der Waals surface area contributed by atoms with E-state index in [1.165, 1.54) is 5.69 Å². The molecule has 0 aliphatic rings. The minimum atomic E-state index is 1.00. The second-order valence-electron chi connectivity index (χ2n) is 2.75. The van der Waals surface area contributed by atoms with Crippen molar-refractivity contribution < 1.29 is 0 Å². The van der Waals surface area contributed by atoms with E-state index >= 15 is 0 Å². The summed E-state index contributed by atoms with van der Waals surface area (Å²) in [6.45, 7) is 2.15. The summed E-state index contributed by atoms with van der Waals surface area (Å²) < 4.78 is 4.27. The van der Waals surface area contributed by atoms with E-state index < -0.39 is 0 Å². The van der Waals surface area contributed by atoms with E-state index in [4.69, 9.17) is 0 Å². The normalized spacial score (nSPS) is 11.0. The monoisotopic (exact) mass is 350 g/mol. The van der Waals surface area contributed by atoms with Crippen molar-refractivity contribution in [1.29, 1.82) is 0 Å². The van der Waals surface area contributed by atoms with Crippen LogP contribution in [0, 0.1) is 3.70 Å². The van der Waals surface area contributed by atoms with Crippen molar-refractivity contribution in [3.05, 3.63) is 32.2 Å². The highest BCUT2D eigenvalue weighted by atomic mass is 127. The van der Waals surface area contributed by atoms with Gasteiger partial charge in [0.15, 0.2) is 5.65 Å². The number of nitrogens with zero attached hydrogens (tertiary/aromatic N) is 2. The summed E-state index contributed by atoms with van der Waals surface area (Å²) in [7, 11) is 0. The van der Waals surface area contributed by atoms with Crippen LogP contribution in [0.5, 0.6) is 0 Å². The maximum Gasteiger partial charge on any atom is 0.152 e. The first-order chi connectivity index (χ1) is 6.24. The first-order valence-corrected chi connectivity index (χ1v) is 5.92. The van der Waals surface area contributed by atoms with E-state index in [2.05, 4.69) is 54.8 Å². The highest BCUT2D eigenvalue weighted by Crippen LogP contribution is 2.21. The number of hydrogen-bond acceptors (Lipinski definition) is 1. The number of fused-ring (bicyclic) bond motifs is 1. The van der Waals surface area contributed by atoms with Crippen LogP contribution in [0.25, 0.3) is 5.65 Å². The summed E-state index contributed by atoms with van der Waals surface area (Å²) in [5.41, 5.74) is 2.28. The molecule has 0 aliphatic carbocycles. The molecular formula is C9H8BrIN2. The Bertz CT molecular complexity index is 450. The van der Waals surface area contributed by atoms with E-state index in [9.17, 15) is 0 Å². The molecule has 0 radical (unpaired) electrons. The summed E-state index contributed by atoms with van der Waals surface area (Å²) in [5, 5.41) is 0. The molecule has 2 rings (SSSR count). The number of pyridine rings is 1. The third kappa shape index (κ3) is 1.50. The Morgan fingerprint density at radius 3 is 3.08 bits per heavy atom. The first kappa shape index (κ1) is 9.45. The van der Waals surface area contributed by atoms with Crippen molar-refractivity contribution in [3.63, 3.8) is 0 Å². The van der Waals surface area contributed by atoms with Gasteiger partial charge >= 0.3 is 0 Å². The van der Waals surface area contributed by atoms with Crippen LogP contribution in [0.1, 0.15) is 12.6 Å². The van der Waals surface area contributed by atoms with Gasteiger partial charge in [-0.05, 0) is 57.1 Å². The number of hydrogen-bond donors (Lipinski definition) is 0. The van der Waals surface area contributed by atoms with Crippen molar-refractivity contribution in [2.75, 3.05) is 0 Å². The molecule has 0 spiro atoms. The van der Waals surface area contributed by atoms with Gasteiger partial charge in [0.25, 0.3) is 0 Å². The van der Waals surface area contributed by atoms with Gasteiger partial charge in [0, 0.05) is 6.20 Å². The third-order valence-electron chi connectivity index (χ3n) is 1.99. The van der Waals surface area contributed by atoms with Crippen LogP contribution in [0.2, 0.25) is 0 Å². The van der Waals surface area contributed by atoms with Crippen LogP contribution in [0.15, 0.2) is 22.8 Å². The lowest BCUT2D eigenvalue weighted by molar-refractivity contribution is 0.984. The number of rotatable bonds is 1. The Morgan fingerprint density at radius 2 is 2.38 bits per heavy atom. The Hall–Kier alpha value is -0.100. The fraction of sp³-hybridized carbons (Fsp3) is 0.222. The van der Waals surface area contributed by atoms with Gasteiger partial charge in [-0.1, -0.05) is 6.92 Å². The highest BCUT2D eigenvalue weighted by Gasteiger charge is 2.08. The third-order valence-corrected chi connectivity index (χ3v) is 3.47. The predicted octanol–water partition coefficient (Wildman–Crippen LogP) is 3.26. The van der Waals surface area contributed by atoms with Crippen LogP contribution < -0.4 is 0 Å². The van der Waals surface area contributed by atoms with Crippen molar-refractivity contribution in [2.24, 2.45) is 0 Å². The molecule has 2 aromatic heterocycles. The summed E-state index contributed by atoms with van der Waals surface area (Å²) in [6, 6.07) is 4.03. The van der Waals surface area contributed by atoms with Crippen molar-refractivity contribution in [2.45, 2.75) is 13.3 Å². The molecule has 0 fully saturated rings. The van der Waals surface area contributed by atoms with Gasteiger partial charge in [-0.2, -0.15) is 0 Å². The molecule has 2 aromatic rings. The van der Waals surface area contributed by atoms with E-state index in [-0.39, 0.29) is 0 Å². The number of aryl methyl sites for hydroxylation is 1. The lowest BCUT2D eigenvalue weighted by Crippen LogP contribution is -1.91. The zero-order chi connectivity index (χ0) is 9.42. The summed E-state index contributed by atoms with van der Waals surface area (Å²) in [5.74, 6) is 0. The lowest BCUT2D eigenvalue weighted by atomic mass is 10.3. The molecule has 13 heavy (non-hydrogen) atoms. The van der Waals surface area contributed by atoms with E-state index in [1.54, 1.807) is 0 Å². The minimum Gasteiger partial charge on any atom is -0.302 e. The summed E-state index contributed by atoms with van der Waals surface area (Å²) in [4.78, 5) is 4.49. The van der Waals surface area contributed by atoms with Crippen molar-refractivity contribution in [3.8, 4) is 0 Å². The van der Waals surface area contributed by atoms with Crippen molar-refractivity contribution >= 4 is 44.2 Å². The lowest BCUT2D eigenvalue weighted by Gasteiger charge is -1.98. The SMILES string of the molecule is CCc1c(I)nc2c(Br)cccn12. The van der Waals surface area contributed by atoms with Gasteiger partial charge in [0.1, 0.15) is 3.70 Å². The first-order valence-electron chi connectivity index (χ1n) is 4.05. The second kappa shape index (κ2) is 3.57. The summed E-state index contributed by atoms with van der Waals surface area (Å²) in [6.07, 6.45) is 3.06. The van der Waals surface area contributed by atoms with E-state index in [0.717, 1.165) is 20.2 Å². The zero-order valence-corrected chi connectivity index (χ0v) is 10.8. The molecular weight excluding hydrogens is 343 g/mol. The fourth-order valence-corrected chi connectivity index (χ4v) is 2.67. The van der Waals surface area contributed by atoms with Crippen LogP contribution in [0.4, 0.5) is 0 Å². The van der Waals surface area contributed by atoms with Crippen LogP contribution in [-0.4, -0.2) is 9.38 Å². The minimum absolute atomic E-state index is 1.00. The van der Waals surface area contributed by atoms with Gasteiger partial charge in [-0.15, -0.1) is 0 Å². The van der Waals surface area contributed by atoms with Gasteiger partial charge < -0.3 is 4.40 Å². The molecule has 0 aromatic carbocycles. The van der Waals surface area contributed by atoms with Gasteiger partial charge in [-0.3, -0.25) is 0 Å². The highest BCUT2D eigenvalue weighted by molar-refractivity contribution is 14.1. The van der Waals surface area contributed by atoms with Gasteiger partial charge in [0.2, 0.25) is 0 Å². The largest absolute Gasteiger partial charge is 0.302 e. The Kier molecular flexibility index (Phi) is 2.60. The molecule has 0 saturated carbocycles. The molecule has 0 atom stereocenters. The zero-order valence-electron chi connectivity index (χ0n) is 7.09. The van der Waals surface area contributed by atoms with Crippen LogP contribution in [-0.2, 0) is 6.42 Å². The second-order valence-corrected chi connectivity index (χ2v) is 4.63. The van der Waals surface area contributed by atoms with Crippen molar-refractivity contribution in [1.82, 2.24) is 9.38 Å². The quantitative estimate of drug-likeness (QED) is 0.721. The predicted molar refractivity (Wildman–Crippen MR) is 65.0 cm³/mol. The van der Waals surface area contributed by atoms with E-state index in [1.807, 2.05) is 18.3 Å². The number of imidazole rings is 1. The van der Waals surface area contributed by atoms with E-state index in [0.29, 0.717) is 0 Å². The number of halogens is 2. The van der Waals surface area contributed by atoms with Gasteiger partial charge in [-0.25, -0.2) is 4.98 Å². The fourth-order valence-electron chi connectivity index (χ4n) is 1.37. The van der Waals surface area contributed by atoms with Gasteiger partial charge in [0.05, 0.1) is 10.2 Å². The molecule has 2 nitrogen and oxygen atoms in total. The van der Waals surface area contributed by atoms with Crippen LogP contribution in [0.3, 0.4) is 0 Å². The smallest absolute Gasteiger partial charge is 0.152 e. The molecule has 68 valence electrons. The molecule has 0 amide bonds. The molecule has 0 aliphatic heterocycles.